The number of H-pyrrole nitrogens is 1. The van der Waals surface area contributed by atoms with Gasteiger partial charge in [0.1, 0.15) is 5.69 Å². The van der Waals surface area contributed by atoms with E-state index in [0.717, 1.165) is 42.3 Å². The minimum atomic E-state index is -0.866. The smallest absolute Gasteiger partial charge is 0.166 e. The van der Waals surface area contributed by atoms with Crippen LogP contribution in [0.15, 0.2) is 42.6 Å². The Bertz CT molecular complexity index is 1290. The molecule has 0 radical (unpaired) electrons. The van der Waals surface area contributed by atoms with Crippen LogP contribution in [0, 0.1) is 11.6 Å². The number of piperidine rings is 1. The summed E-state index contributed by atoms with van der Waals surface area (Å²) in [7, 11) is 0. The van der Waals surface area contributed by atoms with Gasteiger partial charge in [0.2, 0.25) is 0 Å². The predicted molar refractivity (Wildman–Crippen MR) is 165 cm³/mol. The average molecular weight is 636 g/mol. The number of hydrogen-bond donors (Lipinski definition) is 1. The SMILES string of the molecule is CC.CC.CC.Fc1cccc(/C=C/c2cn(I)nc2-c2nc3ccc(CN4CCCCC4)cc3[nH]2)c1F. The number of nitrogens with zero attached hydrogens (tertiary/aromatic N) is 4. The number of benzene rings is 2. The molecule has 8 heteroatoms. The van der Waals surface area contributed by atoms with Crippen molar-refractivity contribution in [2.24, 2.45) is 0 Å². The summed E-state index contributed by atoms with van der Waals surface area (Å²) < 4.78 is 29.2. The molecule has 38 heavy (non-hydrogen) atoms. The lowest BCUT2D eigenvalue weighted by Crippen LogP contribution is -2.29. The number of nitrogens with one attached hydrogen (secondary N) is 1. The highest BCUT2D eigenvalue weighted by molar-refractivity contribution is 14.1. The molecule has 4 aromatic rings. The molecule has 1 fully saturated rings. The van der Waals surface area contributed by atoms with Gasteiger partial charge >= 0.3 is 0 Å². The Morgan fingerprint density at radius 3 is 2.32 bits per heavy atom. The van der Waals surface area contributed by atoms with Crippen LogP contribution in [0.2, 0.25) is 0 Å². The van der Waals surface area contributed by atoms with Crippen molar-refractivity contribution in [2.45, 2.75) is 67.3 Å². The summed E-state index contributed by atoms with van der Waals surface area (Å²) >= 11 is 2.06. The standard InChI is InChI=1S/C24H22F2IN5.3C2H6/c25-19-6-4-5-17(22(19)26)8-9-18-15-32(27)30-23(18)24-28-20-10-7-16(13-21(20)29-24)14-31-11-2-1-3-12-31;3*1-2/h4-10,13,15H,1-3,11-12,14H2,(H,28,29);3*1-2H3/b9-8+;;;. The van der Waals surface area contributed by atoms with Gasteiger partial charge in [-0.3, -0.25) is 4.90 Å². The van der Waals surface area contributed by atoms with Gasteiger partial charge in [-0.05, 0) is 49.7 Å². The predicted octanol–water partition coefficient (Wildman–Crippen LogP) is 9.14. The zero-order valence-corrected chi connectivity index (χ0v) is 25.5. The summed E-state index contributed by atoms with van der Waals surface area (Å²) in [6.07, 6.45) is 8.96. The fourth-order valence-corrected chi connectivity index (χ4v) is 4.65. The fourth-order valence-electron chi connectivity index (χ4n) is 4.14. The second-order valence-electron chi connectivity index (χ2n) is 8.07. The summed E-state index contributed by atoms with van der Waals surface area (Å²) in [5.41, 5.74) is 4.69. The summed E-state index contributed by atoms with van der Waals surface area (Å²) in [6, 6.07) is 10.4. The highest BCUT2D eigenvalue weighted by Crippen LogP contribution is 2.26. The van der Waals surface area contributed by atoms with Crippen molar-refractivity contribution in [3.63, 3.8) is 0 Å². The maximum atomic E-state index is 14.0. The summed E-state index contributed by atoms with van der Waals surface area (Å²) in [4.78, 5) is 10.6. The second-order valence-corrected chi connectivity index (χ2v) is 9.06. The van der Waals surface area contributed by atoms with Crippen molar-refractivity contribution < 1.29 is 8.78 Å². The molecule has 3 heterocycles. The molecular formula is C30H40F2IN5. The summed E-state index contributed by atoms with van der Waals surface area (Å²) in [6.45, 7) is 15.3. The van der Waals surface area contributed by atoms with E-state index in [1.54, 1.807) is 15.0 Å². The van der Waals surface area contributed by atoms with Crippen molar-refractivity contribution >= 4 is 46.1 Å². The molecule has 5 nitrogen and oxygen atoms in total. The van der Waals surface area contributed by atoms with Gasteiger partial charge in [-0.2, -0.15) is 5.10 Å². The third-order valence-electron chi connectivity index (χ3n) is 5.76. The van der Waals surface area contributed by atoms with Crippen molar-refractivity contribution in [3.05, 3.63) is 70.9 Å². The quantitative estimate of drug-likeness (QED) is 0.223. The molecule has 0 atom stereocenters. The second kappa shape index (κ2) is 16.4. The van der Waals surface area contributed by atoms with E-state index in [-0.39, 0.29) is 5.56 Å². The third kappa shape index (κ3) is 8.20. The van der Waals surface area contributed by atoms with Gasteiger partial charge in [0, 0.05) is 23.9 Å². The summed E-state index contributed by atoms with van der Waals surface area (Å²) in [5.74, 6) is -1.09. The Morgan fingerprint density at radius 1 is 0.921 bits per heavy atom. The Kier molecular flexibility index (Phi) is 13.6. The molecule has 1 aliphatic heterocycles. The molecule has 0 unspecified atom stereocenters. The van der Waals surface area contributed by atoms with Crippen LogP contribution in [0.25, 0.3) is 34.7 Å². The highest BCUT2D eigenvalue weighted by atomic mass is 127. The zero-order valence-electron chi connectivity index (χ0n) is 23.4. The number of aromatic nitrogens is 4. The lowest BCUT2D eigenvalue weighted by Gasteiger charge is -2.26. The molecule has 1 saturated heterocycles. The average Bonchev–Trinajstić information content (AvgIpc) is 3.56. The van der Waals surface area contributed by atoms with Crippen molar-refractivity contribution in [2.75, 3.05) is 13.1 Å². The van der Waals surface area contributed by atoms with Crippen LogP contribution < -0.4 is 0 Å². The first-order valence-electron chi connectivity index (χ1n) is 13.7. The monoisotopic (exact) mass is 635 g/mol. The number of rotatable bonds is 5. The first kappa shape index (κ1) is 31.6. The Balaban J connectivity index is 0.000000791. The van der Waals surface area contributed by atoms with Crippen molar-refractivity contribution in [1.29, 1.82) is 0 Å². The summed E-state index contributed by atoms with van der Waals surface area (Å²) in [5, 5.41) is 4.53. The van der Waals surface area contributed by atoms with Crippen molar-refractivity contribution in [3.8, 4) is 11.5 Å². The largest absolute Gasteiger partial charge is 0.337 e. The van der Waals surface area contributed by atoms with E-state index in [0.29, 0.717) is 11.5 Å². The van der Waals surface area contributed by atoms with E-state index in [4.69, 9.17) is 4.98 Å². The van der Waals surface area contributed by atoms with Crippen LogP contribution in [0.1, 0.15) is 77.5 Å². The van der Waals surface area contributed by atoms with Crippen LogP contribution in [0.3, 0.4) is 0 Å². The topological polar surface area (TPSA) is 49.7 Å². The van der Waals surface area contributed by atoms with E-state index in [9.17, 15) is 8.78 Å². The van der Waals surface area contributed by atoms with Gasteiger partial charge < -0.3 is 4.98 Å². The first-order valence-corrected chi connectivity index (χ1v) is 14.6. The highest BCUT2D eigenvalue weighted by Gasteiger charge is 2.15. The molecule has 2 aromatic heterocycles. The van der Waals surface area contributed by atoms with E-state index in [1.807, 2.05) is 53.8 Å². The minimum absolute atomic E-state index is 0.184. The molecule has 0 aliphatic carbocycles. The van der Waals surface area contributed by atoms with Crippen LogP contribution in [0.5, 0.6) is 0 Å². The van der Waals surface area contributed by atoms with Gasteiger partial charge in [-0.15, -0.1) is 0 Å². The van der Waals surface area contributed by atoms with Crippen molar-refractivity contribution in [1.82, 2.24) is 22.9 Å². The first-order chi connectivity index (χ1) is 18.6. The maximum Gasteiger partial charge on any atom is 0.166 e. The van der Waals surface area contributed by atoms with E-state index in [2.05, 4.69) is 50.0 Å². The van der Waals surface area contributed by atoms with Crippen LogP contribution >= 0.6 is 22.9 Å². The number of fused-ring (bicyclic) bond motifs is 1. The van der Waals surface area contributed by atoms with Crippen LogP contribution in [0.4, 0.5) is 8.78 Å². The number of hydrogen-bond acceptors (Lipinski definition) is 3. The van der Waals surface area contributed by atoms with E-state index in [1.165, 1.54) is 37.0 Å². The van der Waals surface area contributed by atoms with Gasteiger partial charge in [-0.25, -0.2) is 16.7 Å². The molecule has 0 spiro atoms. The van der Waals surface area contributed by atoms with Gasteiger partial charge in [-0.1, -0.05) is 78.3 Å². The number of imidazole rings is 1. The van der Waals surface area contributed by atoms with Gasteiger partial charge in [0.05, 0.1) is 33.9 Å². The van der Waals surface area contributed by atoms with Gasteiger partial charge in [0.25, 0.3) is 0 Å². The molecule has 206 valence electrons. The number of aromatic amines is 1. The van der Waals surface area contributed by atoms with Crippen LogP contribution in [-0.2, 0) is 6.54 Å². The maximum absolute atomic E-state index is 14.0. The normalized spacial score (nSPS) is 13.3. The molecule has 1 aliphatic rings. The lowest BCUT2D eigenvalue weighted by molar-refractivity contribution is 0.221. The molecule has 0 saturated carbocycles. The number of halogens is 3. The van der Waals surface area contributed by atoms with E-state index >= 15 is 0 Å². The Morgan fingerprint density at radius 2 is 1.61 bits per heavy atom. The number of likely N-dealkylation sites (tertiary alicyclic amines) is 1. The Hall–Kier alpha value is -2.59. The molecule has 5 rings (SSSR count). The zero-order chi connectivity index (χ0) is 28.1. The lowest BCUT2D eigenvalue weighted by atomic mass is 10.1. The van der Waals surface area contributed by atoms with Gasteiger partial charge in [0.15, 0.2) is 17.5 Å². The Labute approximate surface area is 239 Å². The molecule has 0 bridgehead atoms. The fraction of sp³-hybridized carbons (Fsp3) is 0.400. The molecule has 2 aromatic carbocycles. The molecule has 0 amide bonds. The third-order valence-corrected chi connectivity index (χ3v) is 6.26. The van der Waals surface area contributed by atoms with Crippen LogP contribution in [-0.4, -0.2) is 36.0 Å². The van der Waals surface area contributed by atoms with E-state index < -0.39 is 11.6 Å². The molecule has 1 N–H and O–H groups in total. The minimum Gasteiger partial charge on any atom is -0.337 e. The molecular weight excluding hydrogens is 595 g/mol.